The lowest BCUT2D eigenvalue weighted by atomic mass is 10.3. The summed E-state index contributed by atoms with van der Waals surface area (Å²) in [6, 6.07) is 4.70. The minimum Gasteiger partial charge on any atom is -0.495 e. The van der Waals surface area contributed by atoms with E-state index in [2.05, 4.69) is 20.1 Å². The van der Waals surface area contributed by atoms with Crippen molar-refractivity contribution in [2.75, 3.05) is 7.11 Å². The summed E-state index contributed by atoms with van der Waals surface area (Å²) in [6.45, 7) is 0. The summed E-state index contributed by atoms with van der Waals surface area (Å²) >= 11 is 3.12. The van der Waals surface area contributed by atoms with Gasteiger partial charge in [-0.25, -0.2) is 0 Å². The van der Waals surface area contributed by atoms with Crippen LogP contribution in [0.1, 0.15) is 0 Å². The highest BCUT2D eigenvalue weighted by molar-refractivity contribution is 9.10. The molecule has 1 aromatic rings. The maximum atomic E-state index is 10.6. The molecule has 0 bridgehead atoms. The first-order valence-electron chi connectivity index (χ1n) is 3.49. The topological polar surface area (TPSA) is 78.6 Å². The summed E-state index contributed by atoms with van der Waals surface area (Å²) in [5.41, 5.74) is 0. The van der Waals surface area contributed by atoms with Gasteiger partial charge in [-0.1, -0.05) is 6.07 Å². The molecular formula is C7H8BrNO4S. The van der Waals surface area contributed by atoms with E-state index in [1.807, 2.05) is 0 Å². The van der Waals surface area contributed by atoms with E-state index in [1.54, 1.807) is 12.1 Å². The lowest BCUT2D eigenvalue weighted by molar-refractivity contribution is 0.408. The summed E-state index contributed by atoms with van der Waals surface area (Å²) < 4.78 is 31.1. The van der Waals surface area contributed by atoms with Gasteiger partial charge in [0.25, 0.3) is 0 Å². The molecule has 0 spiro atoms. The third kappa shape index (κ3) is 2.86. The van der Waals surface area contributed by atoms with Gasteiger partial charge in [0.1, 0.15) is 10.2 Å². The van der Waals surface area contributed by atoms with Crippen LogP contribution in [0.3, 0.4) is 0 Å². The zero-order valence-corrected chi connectivity index (χ0v) is 9.63. The first-order valence-corrected chi connectivity index (χ1v) is 5.75. The van der Waals surface area contributed by atoms with E-state index in [0.717, 1.165) is 0 Å². The molecule has 0 aliphatic carbocycles. The fourth-order valence-corrected chi connectivity index (χ4v) is 1.84. The molecule has 0 unspecified atom stereocenters. The molecule has 0 aromatic heterocycles. The SMILES string of the molecule is COc1cccc(OS(N)(=O)=O)c1Br. The van der Waals surface area contributed by atoms with Gasteiger partial charge >= 0.3 is 10.3 Å². The highest BCUT2D eigenvalue weighted by atomic mass is 79.9. The Morgan fingerprint density at radius 1 is 1.36 bits per heavy atom. The molecule has 0 fully saturated rings. The van der Waals surface area contributed by atoms with E-state index >= 15 is 0 Å². The van der Waals surface area contributed by atoms with Crippen LogP contribution in [0.15, 0.2) is 22.7 Å². The summed E-state index contributed by atoms with van der Waals surface area (Å²) in [5, 5.41) is 4.72. The molecule has 1 aromatic carbocycles. The molecular weight excluding hydrogens is 274 g/mol. The smallest absolute Gasteiger partial charge is 0.380 e. The van der Waals surface area contributed by atoms with Crippen molar-refractivity contribution in [2.45, 2.75) is 0 Å². The van der Waals surface area contributed by atoms with Crippen LogP contribution in [-0.2, 0) is 10.3 Å². The van der Waals surface area contributed by atoms with Gasteiger partial charge < -0.3 is 8.92 Å². The van der Waals surface area contributed by atoms with Crippen molar-refractivity contribution in [3.05, 3.63) is 22.7 Å². The van der Waals surface area contributed by atoms with Crippen LogP contribution < -0.4 is 14.1 Å². The van der Waals surface area contributed by atoms with Crippen molar-refractivity contribution >= 4 is 26.2 Å². The Bertz CT molecular complexity index is 431. The average molecular weight is 282 g/mol. The number of nitrogens with two attached hydrogens (primary N) is 1. The Kier molecular flexibility index (Phi) is 3.35. The lowest BCUT2D eigenvalue weighted by Crippen LogP contribution is -2.19. The van der Waals surface area contributed by atoms with Gasteiger partial charge in [-0.15, -0.1) is 0 Å². The van der Waals surface area contributed by atoms with Crippen molar-refractivity contribution in [1.82, 2.24) is 0 Å². The minimum atomic E-state index is -4.01. The molecule has 0 aliphatic rings. The zero-order valence-electron chi connectivity index (χ0n) is 7.23. The van der Waals surface area contributed by atoms with Gasteiger partial charge in [0.2, 0.25) is 0 Å². The van der Waals surface area contributed by atoms with Gasteiger partial charge in [-0.3, -0.25) is 0 Å². The Morgan fingerprint density at radius 3 is 2.43 bits per heavy atom. The quantitative estimate of drug-likeness (QED) is 0.898. The van der Waals surface area contributed by atoms with Gasteiger partial charge in [-0.2, -0.15) is 13.6 Å². The lowest BCUT2D eigenvalue weighted by Gasteiger charge is -2.07. The van der Waals surface area contributed by atoms with Crippen molar-refractivity contribution in [1.29, 1.82) is 0 Å². The van der Waals surface area contributed by atoms with Gasteiger partial charge in [0.05, 0.1) is 7.11 Å². The van der Waals surface area contributed by atoms with Gasteiger partial charge in [0.15, 0.2) is 5.75 Å². The van der Waals surface area contributed by atoms with Crippen LogP contribution in [0.5, 0.6) is 11.5 Å². The molecule has 0 saturated heterocycles. The Hall–Kier alpha value is -0.790. The summed E-state index contributed by atoms with van der Waals surface area (Å²) in [6.07, 6.45) is 0. The first-order chi connectivity index (χ1) is 6.44. The van der Waals surface area contributed by atoms with Crippen molar-refractivity contribution in [3.8, 4) is 11.5 Å². The number of halogens is 1. The summed E-state index contributed by atoms with van der Waals surface area (Å²) in [5.74, 6) is 0.554. The van der Waals surface area contributed by atoms with Crippen LogP contribution in [0.25, 0.3) is 0 Å². The Labute approximate surface area is 90.2 Å². The number of benzene rings is 1. The van der Waals surface area contributed by atoms with Crippen LogP contribution in [-0.4, -0.2) is 15.5 Å². The number of hydrogen-bond donors (Lipinski definition) is 1. The minimum absolute atomic E-state index is 0.0897. The molecule has 14 heavy (non-hydrogen) atoms. The monoisotopic (exact) mass is 281 g/mol. The fraction of sp³-hybridized carbons (Fsp3) is 0.143. The molecule has 1 rings (SSSR count). The van der Waals surface area contributed by atoms with E-state index in [4.69, 9.17) is 9.88 Å². The third-order valence-electron chi connectivity index (χ3n) is 1.35. The molecule has 0 amide bonds. The van der Waals surface area contributed by atoms with E-state index in [9.17, 15) is 8.42 Å². The molecule has 7 heteroatoms. The van der Waals surface area contributed by atoms with E-state index in [1.165, 1.54) is 13.2 Å². The maximum Gasteiger partial charge on any atom is 0.380 e. The molecule has 2 N–H and O–H groups in total. The van der Waals surface area contributed by atoms with Crippen LogP contribution in [0, 0.1) is 0 Å². The van der Waals surface area contributed by atoms with Crippen LogP contribution in [0.4, 0.5) is 0 Å². The van der Waals surface area contributed by atoms with Crippen molar-refractivity contribution < 1.29 is 17.3 Å². The number of ether oxygens (including phenoxy) is 1. The molecule has 0 aliphatic heterocycles. The standard InChI is InChI=1S/C7H8BrNO4S/c1-12-5-3-2-4-6(7(5)8)13-14(9,10)11/h2-4H,1H3,(H2,9,10,11). The molecule has 5 nitrogen and oxygen atoms in total. The summed E-state index contributed by atoms with van der Waals surface area (Å²) in [7, 11) is -2.55. The maximum absolute atomic E-state index is 10.6. The van der Waals surface area contributed by atoms with Crippen molar-refractivity contribution in [2.24, 2.45) is 5.14 Å². The van der Waals surface area contributed by atoms with E-state index in [-0.39, 0.29) is 5.75 Å². The number of rotatable bonds is 3. The van der Waals surface area contributed by atoms with Crippen LogP contribution in [0.2, 0.25) is 0 Å². The van der Waals surface area contributed by atoms with E-state index < -0.39 is 10.3 Å². The average Bonchev–Trinajstić information content (AvgIpc) is 2.06. The third-order valence-corrected chi connectivity index (χ3v) is 2.55. The van der Waals surface area contributed by atoms with E-state index in [0.29, 0.717) is 10.2 Å². The van der Waals surface area contributed by atoms with Crippen molar-refractivity contribution in [3.63, 3.8) is 0 Å². The molecule has 78 valence electrons. The summed E-state index contributed by atoms with van der Waals surface area (Å²) in [4.78, 5) is 0. The van der Waals surface area contributed by atoms with Crippen LogP contribution >= 0.6 is 15.9 Å². The molecule has 0 heterocycles. The highest BCUT2D eigenvalue weighted by Gasteiger charge is 2.11. The largest absolute Gasteiger partial charge is 0.495 e. The second kappa shape index (κ2) is 4.16. The Balaban J connectivity index is 3.10. The molecule has 0 atom stereocenters. The van der Waals surface area contributed by atoms with Gasteiger partial charge in [0, 0.05) is 0 Å². The predicted molar refractivity (Wildman–Crippen MR) is 54.4 cm³/mol. The number of hydrogen-bond acceptors (Lipinski definition) is 4. The molecule has 0 saturated carbocycles. The predicted octanol–water partition coefficient (Wildman–Crippen LogP) is 1.04. The second-order valence-electron chi connectivity index (χ2n) is 2.35. The normalized spacial score (nSPS) is 11.1. The van der Waals surface area contributed by atoms with Gasteiger partial charge in [-0.05, 0) is 28.1 Å². The Morgan fingerprint density at radius 2 is 1.93 bits per heavy atom. The number of methoxy groups -OCH3 is 1. The molecule has 0 radical (unpaired) electrons. The fourth-order valence-electron chi connectivity index (χ4n) is 0.838. The highest BCUT2D eigenvalue weighted by Crippen LogP contribution is 2.34. The first kappa shape index (κ1) is 11.3. The second-order valence-corrected chi connectivity index (χ2v) is 4.29. The zero-order chi connectivity index (χ0) is 10.8.